The maximum absolute atomic E-state index is 5.67. The minimum absolute atomic E-state index is 0.00572. The lowest BCUT2D eigenvalue weighted by Gasteiger charge is -2.18. The molecule has 0 radical (unpaired) electrons. The molecule has 2 aromatic carbocycles. The number of hydrogen-bond donors (Lipinski definition) is 2. The highest BCUT2D eigenvalue weighted by Crippen LogP contribution is 2.28. The molecule has 2 nitrogen and oxygen atoms in total. The molecule has 0 bridgehead atoms. The van der Waals surface area contributed by atoms with Gasteiger partial charge < -0.3 is 0 Å². The largest absolute Gasteiger partial charge is 0.271 e. The molecule has 0 saturated carbocycles. The molecule has 1 atom stereocenters. The van der Waals surface area contributed by atoms with Crippen molar-refractivity contribution >= 4 is 15.9 Å². The molecule has 1 unspecified atom stereocenters. The molecule has 0 saturated heterocycles. The number of hydrogen-bond acceptors (Lipinski definition) is 2. The van der Waals surface area contributed by atoms with Gasteiger partial charge in [-0.2, -0.15) is 0 Å². The predicted molar refractivity (Wildman–Crippen MR) is 74.5 cm³/mol. The fraction of sp³-hybridized carbons (Fsp3) is 0.143. The quantitative estimate of drug-likeness (QED) is 0.672. The van der Waals surface area contributed by atoms with Crippen molar-refractivity contribution < 1.29 is 0 Å². The maximum Gasteiger partial charge on any atom is 0.0721 e. The van der Waals surface area contributed by atoms with E-state index in [1.54, 1.807) is 0 Å². The number of nitrogens with one attached hydrogen (secondary N) is 1. The first kappa shape index (κ1) is 12.3. The first-order valence-corrected chi connectivity index (χ1v) is 6.29. The predicted octanol–water partition coefficient (Wildman–Crippen LogP) is 3.31. The van der Waals surface area contributed by atoms with Crippen LogP contribution in [0.25, 0.3) is 0 Å². The highest BCUT2D eigenvalue weighted by Gasteiger charge is 2.14. The second-order valence-electron chi connectivity index (χ2n) is 4.04. The number of rotatable bonds is 3. The van der Waals surface area contributed by atoms with E-state index in [0.29, 0.717) is 0 Å². The van der Waals surface area contributed by atoms with Gasteiger partial charge in [0, 0.05) is 4.47 Å². The summed E-state index contributed by atoms with van der Waals surface area (Å²) < 4.78 is 1.07. The molecule has 0 spiro atoms. The minimum atomic E-state index is 0.00572. The van der Waals surface area contributed by atoms with E-state index in [-0.39, 0.29) is 6.04 Å². The monoisotopic (exact) mass is 290 g/mol. The van der Waals surface area contributed by atoms with E-state index < -0.39 is 0 Å². The van der Waals surface area contributed by atoms with Gasteiger partial charge in [0.15, 0.2) is 0 Å². The van der Waals surface area contributed by atoms with Crippen LogP contribution in [0, 0.1) is 6.92 Å². The van der Waals surface area contributed by atoms with E-state index in [1.807, 2.05) is 18.2 Å². The van der Waals surface area contributed by atoms with Crippen LogP contribution in [-0.2, 0) is 0 Å². The Morgan fingerprint density at radius 2 is 1.82 bits per heavy atom. The Hall–Kier alpha value is -1.16. The van der Waals surface area contributed by atoms with E-state index in [9.17, 15) is 0 Å². The van der Waals surface area contributed by atoms with Gasteiger partial charge in [-0.1, -0.05) is 58.4 Å². The lowest BCUT2D eigenvalue weighted by Crippen LogP contribution is -2.29. The summed E-state index contributed by atoms with van der Waals surface area (Å²) in [4.78, 5) is 0. The average Bonchev–Trinajstić information content (AvgIpc) is 2.34. The molecule has 0 fully saturated rings. The third-order valence-corrected chi connectivity index (χ3v) is 3.45. The fourth-order valence-electron chi connectivity index (χ4n) is 1.88. The van der Waals surface area contributed by atoms with Crippen molar-refractivity contribution in [3.8, 4) is 0 Å². The van der Waals surface area contributed by atoms with Gasteiger partial charge in [0.2, 0.25) is 0 Å². The Bertz CT molecular complexity index is 497. The lowest BCUT2D eigenvalue weighted by molar-refractivity contribution is 0.634. The second kappa shape index (κ2) is 5.45. The number of nitrogens with two attached hydrogens (primary N) is 1. The van der Waals surface area contributed by atoms with Crippen molar-refractivity contribution in [3.63, 3.8) is 0 Å². The van der Waals surface area contributed by atoms with Crippen LogP contribution in [0.15, 0.2) is 53.0 Å². The van der Waals surface area contributed by atoms with E-state index in [0.717, 1.165) is 15.6 Å². The van der Waals surface area contributed by atoms with Gasteiger partial charge in [-0.3, -0.25) is 5.84 Å². The van der Waals surface area contributed by atoms with E-state index in [2.05, 4.69) is 58.6 Å². The van der Waals surface area contributed by atoms with E-state index in [4.69, 9.17) is 5.84 Å². The van der Waals surface area contributed by atoms with Gasteiger partial charge in [0.25, 0.3) is 0 Å². The second-order valence-corrected chi connectivity index (χ2v) is 4.89. The molecule has 0 aliphatic heterocycles. The van der Waals surface area contributed by atoms with E-state index >= 15 is 0 Å². The molecule has 0 heterocycles. The zero-order valence-electron chi connectivity index (χ0n) is 9.65. The SMILES string of the molecule is Cc1ccc(C(NN)c2ccccc2)c(Br)c1. The Labute approximate surface area is 110 Å². The fourth-order valence-corrected chi connectivity index (χ4v) is 2.60. The van der Waals surface area contributed by atoms with Crippen molar-refractivity contribution in [2.75, 3.05) is 0 Å². The van der Waals surface area contributed by atoms with E-state index in [1.165, 1.54) is 5.56 Å². The van der Waals surface area contributed by atoms with Gasteiger partial charge in [-0.05, 0) is 29.7 Å². The highest BCUT2D eigenvalue weighted by molar-refractivity contribution is 9.10. The van der Waals surface area contributed by atoms with Crippen LogP contribution in [0.1, 0.15) is 22.7 Å². The lowest BCUT2D eigenvalue weighted by atomic mass is 9.98. The summed E-state index contributed by atoms with van der Waals surface area (Å²) >= 11 is 3.59. The van der Waals surface area contributed by atoms with Gasteiger partial charge in [0.05, 0.1) is 6.04 Å². The van der Waals surface area contributed by atoms with Crippen molar-refractivity contribution in [1.82, 2.24) is 5.43 Å². The van der Waals surface area contributed by atoms with Crippen LogP contribution in [-0.4, -0.2) is 0 Å². The molecule has 2 rings (SSSR count). The van der Waals surface area contributed by atoms with Crippen LogP contribution in [0.4, 0.5) is 0 Å². The summed E-state index contributed by atoms with van der Waals surface area (Å²) in [5.41, 5.74) is 6.39. The third kappa shape index (κ3) is 2.75. The maximum atomic E-state index is 5.67. The van der Waals surface area contributed by atoms with Crippen molar-refractivity contribution in [3.05, 3.63) is 69.7 Å². The van der Waals surface area contributed by atoms with Crippen LogP contribution < -0.4 is 11.3 Å². The normalized spacial score (nSPS) is 12.4. The zero-order chi connectivity index (χ0) is 12.3. The summed E-state index contributed by atoms with van der Waals surface area (Å²) in [6.45, 7) is 2.07. The smallest absolute Gasteiger partial charge is 0.0721 e. The van der Waals surface area contributed by atoms with Crippen LogP contribution in [0.3, 0.4) is 0 Å². The van der Waals surface area contributed by atoms with Crippen LogP contribution in [0.2, 0.25) is 0 Å². The topological polar surface area (TPSA) is 38.0 Å². The first-order valence-electron chi connectivity index (χ1n) is 5.49. The van der Waals surface area contributed by atoms with Gasteiger partial charge in [0.1, 0.15) is 0 Å². The van der Waals surface area contributed by atoms with Gasteiger partial charge in [-0.25, -0.2) is 5.43 Å². The van der Waals surface area contributed by atoms with Crippen molar-refractivity contribution in [2.24, 2.45) is 5.84 Å². The summed E-state index contributed by atoms with van der Waals surface area (Å²) in [6.07, 6.45) is 0. The Morgan fingerprint density at radius 3 is 2.41 bits per heavy atom. The molecule has 3 N–H and O–H groups in total. The van der Waals surface area contributed by atoms with Crippen molar-refractivity contribution in [2.45, 2.75) is 13.0 Å². The Kier molecular flexibility index (Phi) is 3.94. The molecule has 0 aliphatic rings. The Balaban J connectivity index is 2.42. The molecule has 0 amide bonds. The molecule has 17 heavy (non-hydrogen) atoms. The number of benzene rings is 2. The third-order valence-electron chi connectivity index (χ3n) is 2.77. The van der Waals surface area contributed by atoms with Crippen molar-refractivity contribution in [1.29, 1.82) is 0 Å². The molecule has 0 aromatic heterocycles. The molecular formula is C14H15BrN2. The average molecular weight is 291 g/mol. The summed E-state index contributed by atoms with van der Waals surface area (Å²) in [5, 5.41) is 0. The minimum Gasteiger partial charge on any atom is -0.271 e. The first-order chi connectivity index (χ1) is 8.22. The van der Waals surface area contributed by atoms with Crippen LogP contribution in [0.5, 0.6) is 0 Å². The molecular weight excluding hydrogens is 276 g/mol. The molecule has 3 heteroatoms. The molecule has 88 valence electrons. The summed E-state index contributed by atoms with van der Waals surface area (Å²) in [5.74, 6) is 5.67. The number of hydrazine groups is 1. The van der Waals surface area contributed by atoms with Crippen LogP contribution >= 0.6 is 15.9 Å². The number of halogens is 1. The van der Waals surface area contributed by atoms with Gasteiger partial charge in [-0.15, -0.1) is 0 Å². The Morgan fingerprint density at radius 1 is 1.12 bits per heavy atom. The number of aryl methyl sites for hydroxylation is 1. The highest BCUT2D eigenvalue weighted by atomic mass is 79.9. The summed E-state index contributed by atoms with van der Waals surface area (Å²) in [6, 6.07) is 16.5. The molecule has 2 aromatic rings. The van der Waals surface area contributed by atoms with Gasteiger partial charge >= 0.3 is 0 Å². The molecule has 0 aliphatic carbocycles. The zero-order valence-corrected chi connectivity index (χ0v) is 11.2. The summed E-state index contributed by atoms with van der Waals surface area (Å²) in [7, 11) is 0. The standard InChI is InChI=1S/C14H15BrN2/c1-10-7-8-12(13(15)9-10)14(17-16)11-5-3-2-4-6-11/h2-9,14,17H,16H2,1H3.